The monoisotopic (exact) mass is 316 g/mol. The van der Waals surface area contributed by atoms with Gasteiger partial charge in [0.25, 0.3) is 0 Å². The van der Waals surface area contributed by atoms with E-state index in [1.165, 1.54) is 0 Å². The van der Waals surface area contributed by atoms with Crippen molar-refractivity contribution in [3.63, 3.8) is 0 Å². The van der Waals surface area contributed by atoms with Crippen LogP contribution in [0.3, 0.4) is 0 Å². The molecule has 0 spiro atoms. The fraction of sp³-hybridized carbons (Fsp3) is 0.571. The molecule has 8 nitrogen and oxygen atoms in total. The largest absolute Gasteiger partial charge is 0.388 e. The Bertz CT molecular complexity index is 327. The van der Waals surface area contributed by atoms with Gasteiger partial charge in [-0.15, -0.1) is 0 Å². The molecule has 0 rings (SSSR count). The highest BCUT2D eigenvalue weighted by atomic mass is 16.5. The minimum atomic E-state index is -1.10. The van der Waals surface area contributed by atoms with Gasteiger partial charge in [0.2, 0.25) is 11.8 Å². The van der Waals surface area contributed by atoms with Gasteiger partial charge >= 0.3 is 0 Å². The summed E-state index contributed by atoms with van der Waals surface area (Å²) in [5.41, 5.74) is 0. The van der Waals surface area contributed by atoms with Gasteiger partial charge < -0.3 is 30.3 Å². The minimum absolute atomic E-state index is 0.0817. The lowest BCUT2D eigenvalue weighted by atomic mass is 10.2. The number of carbonyl (C=O) groups excluding carboxylic acids is 2. The van der Waals surface area contributed by atoms with E-state index in [4.69, 9.17) is 9.47 Å². The van der Waals surface area contributed by atoms with Crippen molar-refractivity contribution in [3.05, 3.63) is 25.3 Å². The lowest BCUT2D eigenvalue weighted by Gasteiger charge is -2.18. The number of nitrogens with one attached hydrogen (secondary N) is 2. The predicted octanol–water partition coefficient (Wildman–Crippen LogP) is -1.65. The molecule has 8 heteroatoms. The van der Waals surface area contributed by atoms with Gasteiger partial charge in [-0.1, -0.05) is 13.2 Å². The SMILES string of the molecule is C=CC(=O)NCCOCC(O)C(O)COCCNC(=O)C=C. The van der Waals surface area contributed by atoms with Crippen molar-refractivity contribution in [2.24, 2.45) is 0 Å². The van der Waals surface area contributed by atoms with Crippen LogP contribution in [0, 0.1) is 0 Å². The predicted molar refractivity (Wildman–Crippen MR) is 80.1 cm³/mol. The summed E-state index contributed by atoms with van der Waals surface area (Å²) < 4.78 is 10.2. The highest BCUT2D eigenvalue weighted by Gasteiger charge is 2.16. The van der Waals surface area contributed by atoms with Crippen LogP contribution in [0.25, 0.3) is 0 Å². The lowest BCUT2D eigenvalue weighted by Crippen LogP contribution is -2.36. The van der Waals surface area contributed by atoms with E-state index in [1.54, 1.807) is 0 Å². The van der Waals surface area contributed by atoms with Crippen LogP contribution in [0.5, 0.6) is 0 Å². The maximum absolute atomic E-state index is 10.8. The fourth-order valence-electron chi connectivity index (χ4n) is 1.27. The number of rotatable bonds is 13. The molecule has 0 aliphatic heterocycles. The summed E-state index contributed by atoms with van der Waals surface area (Å²) in [6.07, 6.45) is 0.0941. The third-order valence-corrected chi connectivity index (χ3v) is 2.48. The van der Waals surface area contributed by atoms with E-state index in [-0.39, 0.29) is 51.3 Å². The first kappa shape index (κ1) is 20.3. The summed E-state index contributed by atoms with van der Waals surface area (Å²) in [6, 6.07) is 0. The molecular formula is C14H24N2O6. The van der Waals surface area contributed by atoms with Gasteiger partial charge in [0, 0.05) is 13.1 Å². The van der Waals surface area contributed by atoms with E-state index in [1.807, 2.05) is 0 Å². The zero-order valence-corrected chi connectivity index (χ0v) is 12.5. The Morgan fingerprint density at radius 1 is 0.909 bits per heavy atom. The smallest absolute Gasteiger partial charge is 0.243 e. The third-order valence-electron chi connectivity index (χ3n) is 2.48. The number of amides is 2. The Balaban J connectivity index is 3.55. The van der Waals surface area contributed by atoms with Gasteiger partial charge in [0.1, 0.15) is 12.2 Å². The molecule has 0 aromatic rings. The van der Waals surface area contributed by atoms with Gasteiger partial charge in [-0.2, -0.15) is 0 Å². The Morgan fingerprint density at radius 2 is 1.27 bits per heavy atom. The quantitative estimate of drug-likeness (QED) is 0.239. The molecule has 0 bridgehead atoms. The molecule has 22 heavy (non-hydrogen) atoms. The number of carbonyl (C=O) groups is 2. The summed E-state index contributed by atoms with van der Waals surface area (Å²) >= 11 is 0. The first-order valence-electron chi connectivity index (χ1n) is 6.83. The van der Waals surface area contributed by atoms with Gasteiger partial charge in [0.15, 0.2) is 0 Å². The lowest BCUT2D eigenvalue weighted by molar-refractivity contribution is -0.117. The second kappa shape index (κ2) is 13.0. The summed E-state index contributed by atoms with van der Waals surface area (Å²) in [5.74, 6) is -0.609. The molecule has 0 aromatic carbocycles. The topological polar surface area (TPSA) is 117 Å². The summed E-state index contributed by atoms with van der Waals surface area (Å²) in [6.45, 7) is 7.42. The Hall–Kier alpha value is -1.74. The van der Waals surface area contributed by atoms with Gasteiger partial charge in [0.05, 0.1) is 26.4 Å². The average molecular weight is 316 g/mol. The molecule has 0 saturated carbocycles. The Morgan fingerprint density at radius 3 is 1.59 bits per heavy atom. The molecule has 0 aromatic heterocycles. The molecule has 0 heterocycles. The fourth-order valence-corrected chi connectivity index (χ4v) is 1.27. The second-order valence-electron chi connectivity index (χ2n) is 4.27. The highest BCUT2D eigenvalue weighted by molar-refractivity contribution is 5.87. The zero-order valence-electron chi connectivity index (χ0n) is 12.5. The summed E-state index contributed by atoms with van der Waals surface area (Å²) in [4.78, 5) is 21.7. The van der Waals surface area contributed by atoms with Crippen LogP contribution in [0.4, 0.5) is 0 Å². The molecular weight excluding hydrogens is 292 g/mol. The van der Waals surface area contributed by atoms with Crippen molar-refractivity contribution in [2.75, 3.05) is 39.5 Å². The van der Waals surface area contributed by atoms with E-state index in [0.717, 1.165) is 12.2 Å². The number of hydrogen-bond donors (Lipinski definition) is 4. The molecule has 2 amide bonds. The maximum Gasteiger partial charge on any atom is 0.243 e. The molecule has 2 unspecified atom stereocenters. The number of hydrogen-bond acceptors (Lipinski definition) is 6. The summed E-state index contributed by atoms with van der Waals surface area (Å²) in [5, 5.41) is 24.2. The van der Waals surface area contributed by atoms with Crippen LogP contribution in [0.1, 0.15) is 0 Å². The van der Waals surface area contributed by atoms with Crippen molar-refractivity contribution in [1.82, 2.24) is 10.6 Å². The Labute approximate surface area is 129 Å². The molecule has 4 N–H and O–H groups in total. The number of aliphatic hydroxyl groups is 2. The van der Waals surface area contributed by atoms with E-state index in [9.17, 15) is 19.8 Å². The first-order chi connectivity index (χ1) is 10.5. The van der Waals surface area contributed by atoms with Crippen molar-refractivity contribution in [1.29, 1.82) is 0 Å². The minimum Gasteiger partial charge on any atom is -0.388 e. The van der Waals surface area contributed by atoms with E-state index in [0.29, 0.717) is 0 Å². The molecule has 2 atom stereocenters. The maximum atomic E-state index is 10.8. The van der Waals surface area contributed by atoms with Gasteiger partial charge in [-0.25, -0.2) is 0 Å². The van der Waals surface area contributed by atoms with E-state index >= 15 is 0 Å². The highest BCUT2D eigenvalue weighted by Crippen LogP contribution is 1.96. The van der Waals surface area contributed by atoms with Crippen LogP contribution in [-0.2, 0) is 19.1 Å². The molecule has 0 aliphatic carbocycles. The molecule has 126 valence electrons. The Kier molecular flexibility index (Phi) is 11.9. The van der Waals surface area contributed by atoms with Crippen LogP contribution in [-0.4, -0.2) is 73.8 Å². The van der Waals surface area contributed by atoms with Crippen LogP contribution in [0.2, 0.25) is 0 Å². The van der Waals surface area contributed by atoms with Crippen molar-refractivity contribution >= 4 is 11.8 Å². The molecule has 0 fully saturated rings. The number of aliphatic hydroxyl groups excluding tert-OH is 2. The van der Waals surface area contributed by atoms with Crippen LogP contribution in [0.15, 0.2) is 25.3 Å². The van der Waals surface area contributed by atoms with E-state index in [2.05, 4.69) is 23.8 Å². The average Bonchev–Trinajstić information content (AvgIpc) is 2.52. The van der Waals surface area contributed by atoms with Crippen molar-refractivity contribution < 1.29 is 29.3 Å². The van der Waals surface area contributed by atoms with Gasteiger partial charge in [-0.3, -0.25) is 9.59 Å². The second-order valence-corrected chi connectivity index (χ2v) is 4.27. The molecule has 0 saturated heterocycles. The van der Waals surface area contributed by atoms with Gasteiger partial charge in [-0.05, 0) is 12.2 Å². The zero-order chi connectivity index (χ0) is 16.8. The standard InChI is InChI=1S/C14H24N2O6/c1-3-13(19)15-5-7-21-9-11(17)12(18)10-22-8-6-16-14(20)4-2/h3-4,11-12,17-18H,1-2,5-10H2,(H,15,19)(H,16,20). The first-order valence-corrected chi connectivity index (χ1v) is 6.83. The van der Waals surface area contributed by atoms with Crippen molar-refractivity contribution in [3.8, 4) is 0 Å². The third kappa shape index (κ3) is 11.0. The molecule has 0 radical (unpaired) electrons. The number of ether oxygens (including phenoxy) is 2. The normalized spacial score (nSPS) is 13.0. The van der Waals surface area contributed by atoms with Crippen LogP contribution >= 0.6 is 0 Å². The molecule has 0 aliphatic rings. The van der Waals surface area contributed by atoms with Crippen molar-refractivity contribution in [2.45, 2.75) is 12.2 Å². The van der Waals surface area contributed by atoms with E-state index < -0.39 is 12.2 Å². The van der Waals surface area contributed by atoms with Crippen LogP contribution < -0.4 is 10.6 Å². The summed E-state index contributed by atoms with van der Waals surface area (Å²) in [7, 11) is 0.